The van der Waals surface area contributed by atoms with Crippen LogP contribution in [0.25, 0.3) is 0 Å². The summed E-state index contributed by atoms with van der Waals surface area (Å²) in [5.74, 6) is 2.61. The van der Waals surface area contributed by atoms with Gasteiger partial charge in [0, 0.05) is 1.37 Å². The van der Waals surface area contributed by atoms with Crippen LogP contribution in [-0.4, -0.2) is 0 Å². The fraction of sp³-hybridized carbons (Fsp3) is 1.00. The molecule has 10 heavy (non-hydrogen) atoms. The van der Waals surface area contributed by atoms with Crippen molar-refractivity contribution in [3.8, 4) is 0 Å². The minimum Gasteiger partial charge on any atom is -0.0622 e. The van der Waals surface area contributed by atoms with Crippen molar-refractivity contribution < 1.29 is 1.37 Å². The van der Waals surface area contributed by atoms with Crippen molar-refractivity contribution in [2.45, 2.75) is 40.0 Å². The quantitative estimate of drug-likeness (QED) is 0.484. The first-order chi connectivity index (χ1) is 5.16. The molecule has 0 spiro atoms. The Kier molecular flexibility index (Phi) is 1.00. The van der Waals surface area contributed by atoms with Crippen LogP contribution in [0, 0.1) is 23.2 Å². The molecule has 3 aliphatic rings. The third-order valence-electron chi connectivity index (χ3n) is 4.00. The van der Waals surface area contributed by atoms with E-state index in [2.05, 4.69) is 13.8 Å². The molecule has 3 unspecified atom stereocenters. The SMILES string of the molecule is [2H]CC1CCC2CC1C2(C)C. The van der Waals surface area contributed by atoms with Gasteiger partial charge >= 0.3 is 0 Å². The van der Waals surface area contributed by atoms with Crippen LogP contribution >= 0.6 is 0 Å². The summed E-state index contributed by atoms with van der Waals surface area (Å²) in [6, 6.07) is 0. The maximum Gasteiger partial charge on any atom is 0.0233 e. The van der Waals surface area contributed by atoms with Gasteiger partial charge in [-0.25, -0.2) is 0 Å². The maximum absolute atomic E-state index is 7.43. The Morgan fingerprint density at radius 3 is 2.60 bits per heavy atom. The molecule has 3 atom stereocenters. The second kappa shape index (κ2) is 1.78. The van der Waals surface area contributed by atoms with Crippen LogP contribution in [0.5, 0.6) is 0 Å². The normalized spacial score (nSPS) is 51.4. The lowest BCUT2D eigenvalue weighted by molar-refractivity contribution is -0.0988. The van der Waals surface area contributed by atoms with Crippen molar-refractivity contribution in [1.29, 1.82) is 0 Å². The monoisotopic (exact) mass is 139 g/mol. The molecule has 0 N–H and O–H groups in total. The Bertz CT molecular complexity index is 160. The lowest BCUT2D eigenvalue weighted by Crippen LogP contribution is -2.51. The van der Waals surface area contributed by atoms with Crippen molar-refractivity contribution in [3.63, 3.8) is 0 Å². The predicted octanol–water partition coefficient (Wildman–Crippen LogP) is 3.08. The molecule has 0 amide bonds. The fourth-order valence-corrected chi connectivity index (χ4v) is 2.96. The Morgan fingerprint density at radius 1 is 1.40 bits per heavy atom. The van der Waals surface area contributed by atoms with E-state index in [1.165, 1.54) is 19.3 Å². The Balaban J connectivity index is 2.10. The molecule has 0 nitrogen and oxygen atoms in total. The number of fused-ring (bicyclic) bond motifs is 2. The summed E-state index contributed by atoms with van der Waals surface area (Å²) in [7, 11) is 0. The van der Waals surface area contributed by atoms with E-state index < -0.39 is 0 Å². The molecule has 0 saturated heterocycles. The van der Waals surface area contributed by atoms with Crippen LogP contribution in [0.1, 0.15) is 41.4 Å². The summed E-state index contributed by atoms with van der Waals surface area (Å²) in [5, 5.41) is 0. The summed E-state index contributed by atoms with van der Waals surface area (Å²) in [6.45, 7) is 5.46. The Hall–Kier alpha value is 0. The largest absolute Gasteiger partial charge is 0.0622 e. The molecule has 3 aliphatic carbocycles. The third-order valence-corrected chi connectivity index (χ3v) is 4.00. The van der Waals surface area contributed by atoms with Gasteiger partial charge in [-0.05, 0) is 36.0 Å². The average molecular weight is 139 g/mol. The number of rotatable bonds is 0. The van der Waals surface area contributed by atoms with Gasteiger partial charge in [0.25, 0.3) is 0 Å². The zero-order chi connectivity index (χ0) is 8.06. The maximum atomic E-state index is 7.43. The first kappa shape index (κ1) is 5.62. The highest BCUT2D eigenvalue weighted by molar-refractivity contribution is 5.01. The molecule has 3 rings (SSSR count). The van der Waals surface area contributed by atoms with Gasteiger partial charge in [-0.1, -0.05) is 27.2 Å². The van der Waals surface area contributed by atoms with Crippen LogP contribution in [0.4, 0.5) is 0 Å². The summed E-state index contributed by atoms with van der Waals surface area (Å²) in [6.07, 6.45) is 4.16. The van der Waals surface area contributed by atoms with E-state index in [9.17, 15) is 0 Å². The van der Waals surface area contributed by atoms with Crippen molar-refractivity contribution in [3.05, 3.63) is 0 Å². The minimum atomic E-state index is 0.587. The molecule has 0 heterocycles. The zero-order valence-corrected chi connectivity index (χ0v) is 7.06. The van der Waals surface area contributed by atoms with E-state index in [-0.39, 0.29) is 0 Å². The minimum absolute atomic E-state index is 0.587. The van der Waals surface area contributed by atoms with Crippen LogP contribution < -0.4 is 0 Å². The first-order valence-electron chi connectivity index (χ1n) is 5.16. The molecular weight excluding hydrogens is 120 g/mol. The summed E-state index contributed by atoms with van der Waals surface area (Å²) >= 11 is 0. The highest BCUT2D eigenvalue weighted by Crippen LogP contribution is 2.61. The summed E-state index contributed by atoms with van der Waals surface area (Å²) in [5.41, 5.74) is 0.587. The van der Waals surface area contributed by atoms with Crippen LogP contribution in [0.15, 0.2) is 0 Å². The Labute approximate surface area is 65.4 Å². The van der Waals surface area contributed by atoms with Gasteiger partial charge in [0.1, 0.15) is 0 Å². The third kappa shape index (κ3) is 0.627. The van der Waals surface area contributed by atoms with E-state index in [1.54, 1.807) is 0 Å². The van der Waals surface area contributed by atoms with Gasteiger partial charge in [-0.2, -0.15) is 0 Å². The van der Waals surface area contributed by atoms with Gasteiger partial charge in [0.15, 0.2) is 0 Å². The second-order valence-corrected chi connectivity index (χ2v) is 4.70. The molecule has 0 aromatic carbocycles. The second-order valence-electron chi connectivity index (χ2n) is 4.70. The van der Waals surface area contributed by atoms with Crippen molar-refractivity contribution in [2.24, 2.45) is 23.2 Å². The lowest BCUT2D eigenvalue weighted by Gasteiger charge is -2.59. The van der Waals surface area contributed by atoms with Gasteiger partial charge in [-0.15, -0.1) is 0 Å². The van der Waals surface area contributed by atoms with Gasteiger partial charge in [0.2, 0.25) is 0 Å². The number of hydrogen-bond acceptors (Lipinski definition) is 0. The lowest BCUT2D eigenvalue weighted by atomic mass is 9.46. The first-order valence-corrected chi connectivity index (χ1v) is 4.45. The summed E-state index contributed by atoms with van der Waals surface area (Å²) in [4.78, 5) is 0. The highest BCUT2D eigenvalue weighted by atomic mass is 14.6. The molecule has 0 aliphatic heterocycles. The van der Waals surface area contributed by atoms with Crippen molar-refractivity contribution >= 4 is 0 Å². The molecule has 2 bridgehead atoms. The van der Waals surface area contributed by atoms with E-state index in [0.29, 0.717) is 12.3 Å². The zero-order valence-electron chi connectivity index (χ0n) is 8.06. The van der Waals surface area contributed by atoms with Crippen LogP contribution in [0.2, 0.25) is 0 Å². The number of hydrogen-bond donors (Lipinski definition) is 0. The standard InChI is InChI=1S/C10H18/c1-7-4-5-8-6-9(7)10(8,2)3/h7-9H,4-6H2,1-3H3/i1D. The van der Waals surface area contributed by atoms with Gasteiger partial charge < -0.3 is 0 Å². The fourth-order valence-electron chi connectivity index (χ4n) is 2.96. The van der Waals surface area contributed by atoms with E-state index in [0.717, 1.165) is 17.8 Å². The average Bonchev–Trinajstić information content (AvgIpc) is 2.04. The van der Waals surface area contributed by atoms with Crippen molar-refractivity contribution in [2.75, 3.05) is 0 Å². The molecule has 3 saturated carbocycles. The molecule has 0 radical (unpaired) electrons. The molecular formula is C10H18. The molecule has 0 heteroatoms. The van der Waals surface area contributed by atoms with Crippen LogP contribution in [-0.2, 0) is 0 Å². The molecule has 58 valence electrons. The molecule has 0 aromatic rings. The van der Waals surface area contributed by atoms with Gasteiger partial charge in [0.05, 0.1) is 0 Å². The van der Waals surface area contributed by atoms with E-state index >= 15 is 0 Å². The van der Waals surface area contributed by atoms with Gasteiger partial charge in [-0.3, -0.25) is 0 Å². The van der Waals surface area contributed by atoms with Crippen LogP contribution in [0.3, 0.4) is 0 Å². The van der Waals surface area contributed by atoms with E-state index in [4.69, 9.17) is 1.37 Å². The highest BCUT2D eigenvalue weighted by Gasteiger charge is 2.52. The Morgan fingerprint density at radius 2 is 2.20 bits per heavy atom. The smallest absolute Gasteiger partial charge is 0.0233 e. The molecule has 3 fully saturated rings. The van der Waals surface area contributed by atoms with E-state index in [1.807, 2.05) is 0 Å². The summed E-state index contributed by atoms with van der Waals surface area (Å²) < 4.78 is 7.43. The van der Waals surface area contributed by atoms with Crippen molar-refractivity contribution in [1.82, 2.24) is 0 Å². The molecule has 0 aromatic heterocycles. The topological polar surface area (TPSA) is 0 Å². The predicted molar refractivity (Wildman–Crippen MR) is 43.8 cm³/mol.